The van der Waals surface area contributed by atoms with Crippen molar-refractivity contribution in [3.63, 3.8) is 0 Å². The summed E-state index contributed by atoms with van der Waals surface area (Å²) in [6, 6.07) is 7.53. The summed E-state index contributed by atoms with van der Waals surface area (Å²) in [6.45, 7) is 1.99. The van der Waals surface area contributed by atoms with Gasteiger partial charge in [0.1, 0.15) is 0 Å². The molecule has 0 fully saturated rings. The van der Waals surface area contributed by atoms with Crippen LogP contribution < -0.4 is 0 Å². The number of carbonyl (C=O) groups is 1. The summed E-state index contributed by atoms with van der Waals surface area (Å²) in [6.07, 6.45) is 1.74. The number of methoxy groups -OCH3 is 1. The molecule has 1 N–H and O–H groups in total. The molecule has 0 unspecified atom stereocenters. The molecule has 94 valence electrons. The molecule has 0 bridgehead atoms. The number of hydrogen-bond donors (Lipinski definition) is 1. The number of carbonyl (C=O) groups excluding carboxylic acids is 1. The first-order chi connectivity index (χ1) is 8.70. The number of hydrogen-bond acceptors (Lipinski definition) is 4. The van der Waals surface area contributed by atoms with Gasteiger partial charge in [0.25, 0.3) is 0 Å². The number of aromatic amines is 1. The molecule has 0 aliphatic rings. The number of ether oxygens (including phenoxy) is 1. The number of thioether (sulfide) groups is 1. The van der Waals surface area contributed by atoms with Crippen molar-refractivity contribution in [1.82, 2.24) is 10.2 Å². The minimum atomic E-state index is -0.303. The molecule has 1 heterocycles. The van der Waals surface area contributed by atoms with Crippen LogP contribution in [0.25, 0.3) is 0 Å². The van der Waals surface area contributed by atoms with Gasteiger partial charge in [0, 0.05) is 22.5 Å². The average Bonchev–Trinajstić information content (AvgIpc) is 2.89. The Labute approximate surface area is 110 Å². The number of rotatable bonds is 4. The van der Waals surface area contributed by atoms with E-state index in [1.54, 1.807) is 24.0 Å². The van der Waals surface area contributed by atoms with Crippen molar-refractivity contribution in [2.45, 2.75) is 17.6 Å². The summed E-state index contributed by atoms with van der Waals surface area (Å²) < 4.78 is 4.69. The number of aromatic nitrogens is 2. The molecule has 5 heteroatoms. The molecule has 0 atom stereocenters. The highest BCUT2D eigenvalue weighted by Gasteiger charge is 2.08. The summed E-state index contributed by atoms with van der Waals surface area (Å²) >= 11 is 1.71. The number of esters is 1. The molecule has 0 aliphatic heterocycles. The molecule has 18 heavy (non-hydrogen) atoms. The highest BCUT2D eigenvalue weighted by Crippen LogP contribution is 2.26. The molecule has 0 saturated heterocycles. The van der Waals surface area contributed by atoms with Gasteiger partial charge in [0.2, 0.25) is 0 Å². The monoisotopic (exact) mass is 262 g/mol. The number of nitrogens with one attached hydrogen (secondary N) is 1. The molecule has 4 nitrogen and oxygen atoms in total. The lowest BCUT2D eigenvalue weighted by molar-refractivity contribution is 0.0600. The second-order valence-electron chi connectivity index (χ2n) is 3.84. The molecule has 0 aliphatic carbocycles. The van der Waals surface area contributed by atoms with Gasteiger partial charge in [-0.05, 0) is 36.8 Å². The van der Waals surface area contributed by atoms with E-state index in [1.165, 1.54) is 7.11 Å². The molecular weight excluding hydrogens is 248 g/mol. The summed E-state index contributed by atoms with van der Waals surface area (Å²) in [4.78, 5) is 12.5. The maximum Gasteiger partial charge on any atom is 0.337 e. The lowest BCUT2D eigenvalue weighted by atomic mass is 10.1. The molecule has 1 aromatic carbocycles. The van der Waals surface area contributed by atoms with Gasteiger partial charge in [-0.1, -0.05) is 0 Å². The number of nitrogens with zero attached hydrogens (tertiary/aromatic N) is 1. The first kappa shape index (κ1) is 12.7. The standard InChI is InChI=1S/C13H14N2O2S/c1-9-7-10(13(16)17-2)3-4-12(9)18-8-11-5-6-14-15-11/h3-7H,8H2,1-2H3,(H,14,15). The second-order valence-corrected chi connectivity index (χ2v) is 4.86. The first-order valence-corrected chi connectivity index (χ1v) is 6.49. The Kier molecular flexibility index (Phi) is 4.04. The fourth-order valence-electron chi connectivity index (χ4n) is 1.58. The quantitative estimate of drug-likeness (QED) is 0.680. The minimum Gasteiger partial charge on any atom is -0.465 e. The van der Waals surface area contributed by atoms with Gasteiger partial charge in [-0.25, -0.2) is 4.79 Å². The van der Waals surface area contributed by atoms with Crippen molar-refractivity contribution in [3.05, 3.63) is 47.3 Å². The maximum absolute atomic E-state index is 11.4. The van der Waals surface area contributed by atoms with Crippen molar-refractivity contribution >= 4 is 17.7 Å². The molecule has 0 saturated carbocycles. The van der Waals surface area contributed by atoms with E-state index in [2.05, 4.69) is 10.2 Å². The molecule has 2 aromatic rings. The van der Waals surface area contributed by atoms with Crippen molar-refractivity contribution in [3.8, 4) is 0 Å². The van der Waals surface area contributed by atoms with Crippen LogP contribution in [0.1, 0.15) is 21.6 Å². The van der Waals surface area contributed by atoms with Gasteiger partial charge < -0.3 is 4.74 Å². The lowest BCUT2D eigenvalue weighted by Gasteiger charge is -2.06. The molecule has 1 aromatic heterocycles. The van der Waals surface area contributed by atoms with Gasteiger partial charge in [0.05, 0.1) is 12.7 Å². The zero-order valence-corrected chi connectivity index (χ0v) is 11.1. The van der Waals surface area contributed by atoms with Crippen LogP contribution in [0.5, 0.6) is 0 Å². The van der Waals surface area contributed by atoms with Gasteiger partial charge in [0.15, 0.2) is 0 Å². The minimum absolute atomic E-state index is 0.303. The summed E-state index contributed by atoms with van der Waals surface area (Å²) in [5.74, 6) is 0.529. The van der Waals surface area contributed by atoms with Crippen LogP contribution in [0.4, 0.5) is 0 Å². The molecule has 0 radical (unpaired) electrons. The summed E-state index contributed by atoms with van der Waals surface area (Å²) in [5, 5.41) is 6.83. The highest BCUT2D eigenvalue weighted by atomic mass is 32.2. The van der Waals surface area contributed by atoms with E-state index in [4.69, 9.17) is 4.74 Å². The van der Waals surface area contributed by atoms with E-state index >= 15 is 0 Å². The maximum atomic E-state index is 11.4. The van der Waals surface area contributed by atoms with Gasteiger partial charge in [-0.15, -0.1) is 11.8 Å². The van der Waals surface area contributed by atoms with Crippen molar-refractivity contribution < 1.29 is 9.53 Å². The number of benzene rings is 1. The normalized spacial score (nSPS) is 10.3. The van der Waals surface area contributed by atoms with E-state index in [0.29, 0.717) is 5.56 Å². The number of H-pyrrole nitrogens is 1. The van der Waals surface area contributed by atoms with Crippen molar-refractivity contribution in [1.29, 1.82) is 0 Å². The third kappa shape index (κ3) is 2.92. The Morgan fingerprint density at radius 3 is 2.89 bits per heavy atom. The summed E-state index contributed by atoms with van der Waals surface area (Å²) in [7, 11) is 1.39. The van der Waals surface area contributed by atoms with Gasteiger partial charge in [-0.2, -0.15) is 5.10 Å². The van der Waals surface area contributed by atoms with Crippen molar-refractivity contribution in [2.24, 2.45) is 0 Å². The Hall–Kier alpha value is -1.75. The Bertz CT molecular complexity index is 538. The smallest absolute Gasteiger partial charge is 0.337 e. The highest BCUT2D eigenvalue weighted by molar-refractivity contribution is 7.98. The van der Waals surface area contributed by atoms with E-state index < -0.39 is 0 Å². The van der Waals surface area contributed by atoms with E-state index in [1.807, 2.05) is 25.1 Å². The third-order valence-electron chi connectivity index (χ3n) is 2.54. The zero-order chi connectivity index (χ0) is 13.0. The molecule has 0 spiro atoms. The molecule has 0 amide bonds. The fraction of sp³-hybridized carbons (Fsp3) is 0.231. The van der Waals surface area contributed by atoms with Crippen LogP contribution in [0.2, 0.25) is 0 Å². The second kappa shape index (κ2) is 5.73. The predicted molar refractivity (Wildman–Crippen MR) is 70.7 cm³/mol. The van der Waals surface area contributed by atoms with Gasteiger partial charge in [-0.3, -0.25) is 5.10 Å². The Morgan fingerprint density at radius 2 is 2.28 bits per heavy atom. The van der Waals surface area contributed by atoms with Crippen LogP contribution in [0, 0.1) is 6.92 Å². The topological polar surface area (TPSA) is 55.0 Å². The first-order valence-electron chi connectivity index (χ1n) is 5.50. The number of aryl methyl sites for hydroxylation is 1. The van der Waals surface area contributed by atoms with Crippen molar-refractivity contribution in [2.75, 3.05) is 7.11 Å². The van der Waals surface area contributed by atoms with Crippen LogP contribution in [-0.2, 0) is 10.5 Å². The molecular formula is C13H14N2O2S. The predicted octanol–water partition coefficient (Wildman–Crippen LogP) is 2.80. The molecule has 2 rings (SSSR count). The Balaban J connectivity index is 2.08. The van der Waals surface area contributed by atoms with Crippen LogP contribution in [0.3, 0.4) is 0 Å². The van der Waals surface area contributed by atoms with Gasteiger partial charge >= 0.3 is 5.97 Å². The van der Waals surface area contributed by atoms with Crippen LogP contribution in [-0.4, -0.2) is 23.3 Å². The van der Waals surface area contributed by atoms with E-state index in [-0.39, 0.29) is 5.97 Å². The van der Waals surface area contributed by atoms with E-state index in [9.17, 15) is 4.79 Å². The van der Waals surface area contributed by atoms with Crippen LogP contribution in [0.15, 0.2) is 35.4 Å². The zero-order valence-electron chi connectivity index (χ0n) is 10.3. The van der Waals surface area contributed by atoms with E-state index in [0.717, 1.165) is 21.9 Å². The summed E-state index contributed by atoms with van der Waals surface area (Å²) in [5.41, 5.74) is 2.74. The Morgan fingerprint density at radius 1 is 1.44 bits per heavy atom. The fourth-order valence-corrected chi connectivity index (χ4v) is 2.50. The SMILES string of the molecule is COC(=O)c1ccc(SCc2ccn[nH]2)c(C)c1. The lowest BCUT2D eigenvalue weighted by Crippen LogP contribution is -2.01. The average molecular weight is 262 g/mol. The largest absolute Gasteiger partial charge is 0.465 e. The van der Waals surface area contributed by atoms with Crippen LogP contribution >= 0.6 is 11.8 Å². The third-order valence-corrected chi connectivity index (χ3v) is 3.76.